The minimum atomic E-state index is 0.579. The quantitative estimate of drug-likeness (QED) is 0.645. The van der Waals surface area contributed by atoms with Crippen LogP contribution < -0.4 is 16.2 Å². The van der Waals surface area contributed by atoms with Crippen molar-refractivity contribution < 1.29 is 0 Å². The van der Waals surface area contributed by atoms with Crippen LogP contribution in [0.25, 0.3) is 0 Å². The lowest BCUT2D eigenvalue weighted by atomic mass is 9.86. The summed E-state index contributed by atoms with van der Waals surface area (Å²) in [5.74, 6) is 9.14. The lowest BCUT2D eigenvalue weighted by Crippen LogP contribution is -2.36. The van der Waals surface area contributed by atoms with Crippen LogP contribution in [0.1, 0.15) is 57.3 Å². The van der Waals surface area contributed by atoms with Crippen LogP contribution in [0.5, 0.6) is 0 Å². The van der Waals surface area contributed by atoms with Crippen LogP contribution in [-0.2, 0) is 6.42 Å². The van der Waals surface area contributed by atoms with Gasteiger partial charge in [0.1, 0.15) is 17.5 Å². The number of anilines is 2. The average Bonchev–Trinajstić information content (AvgIpc) is 2.49. The summed E-state index contributed by atoms with van der Waals surface area (Å²) in [6.07, 6.45) is 7.03. The number of rotatable bonds is 5. The molecule has 0 atom stereocenters. The maximum Gasteiger partial charge on any atom is 0.148 e. The largest absolute Gasteiger partial charge is 0.356 e. The van der Waals surface area contributed by atoms with Crippen LogP contribution in [0.4, 0.5) is 11.6 Å². The standard InChI is InChI=1S/C16H29N5/c1-5-6-14-18-15(20-17)12(3)16(19-14)21(4)13-9-7-11(2)8-10-13/h11,13H,5-10,17H2,1-4H3,(H,18,19,20). The van der Waals surface area contributed by atoms with E-state index >= 15 is 0 Å². The molecule has 0 amide bonds. The maximum atomic E-state index is 5.62. The summed E-state index contributed by atoms with van der Waals surface area (Å²) in [5, 5.41) is 0. The number of nitrogens with one attached hydrogen (secondary N) is 1. The van der Waals surface area contributed by atoms with Crippen molar-refractivity contribution in [3.05, 3.63) is 11.4 Å². The molecule has 21 heavy (non-hydrogen) atoms. The van der Waals surface area contributed by atoms with E-state index in [-0.39, 0.29) is 0 Å². The van der Waals surface area contributed by atoms with E-state index in [4.69, 9.17) is 10.8 Å². The smallest absolute Gasteiger partial charge is 0.148 e. The Labute approximate surface area is 128 Å². The monoisotopic (exact) mass is 291 g/mol. The minimum absolute atomic E-state index is 0.579. The predicted octanol–water partition coefficient (Wildman–Crippen LogP) is 3.04. The van der Waals surface area contributed by atoms with Crippen molar-refractivity contribution in [1.29, 1.82) is 0 Å². The molecule has 1 fully saturated rings. The summed E-state index contributed by atoms with van der Waals surface area (Å²) in [7, 11) is 2.16. The number of hydrazine groups is 1. The molecular weight excluding hydrogens is 262 g/mol. The molecule has 1 heterocycles. The Bertz CT molecular complexity index is 466. The topological polar surface area (TPSA) is 67.1 Å². The first kappa shape index (κ1) is 16.0. The molecule has 2 rings (SSSR count). The second-order valence-electron chi connectivity index (χ2n) is 6.36. The Kier molecular flexibility index (Phi) is 5.39. The Balaban J connectivity index is 2.26. The average molecular weight is 291 g/mol. The van der Waals surface area contributed by atoms with E-state index in [1.54, 1.807) is 0 Å². The summed E-state index contributed by atoms with van der Waals surface area (Å²) in [5.41, 5.74) is 3.76. The highest BCUT2D eigenvalue weighted by Crippen LogP contribution is 2.31. The fraction of sp³-hybridized carbons (Fsp3) is 0.750. The Morgan fingerprint density at radius 1 is 1.24 bits per heavy atom. The minimum Gasteiger partial charge on any atom is -0.356 e. The second-order valence-corrected chi connectivity index (χ2v) is 6.36. The molecule has 5 heteroatoms. The van der Waals surface area contributed by atoms with E-state index in [1.165, 1.54) is 25.7 Å². The highest BCUT2D eigenvalue weighted by atomic mass is 15.3. The van der Waals surface area contributed by atoms with Crippen molar-refractivity contribution >= 4 is 11.6 Å². The van der Waals surface area contributed by atoms with Gasteiger partial charge in [0.05, 0.1) is 0 Å². The van der Waals surface area contributed by atoms with Gasteiger partial charge in [-0.25, -0.2) is 15.8 Å². The fourth-order valence-corrected chi connectivity index (χ4v) is 3.17. The van der Waals surface area contributed by atoms with Crippen LogP contribution in [0.15, 0.2) is 0 Å². The third-order valence-electron chi connectivity index (χ3n) is 4.64. The van der Waals surface area contributed by atoms with Crippen molar-refractivity contribution in [2.45, 2.75) is 65.3 Å². The molecule has 0 saturated heterocycles. The maximum absolute atomic E-state index is 5.62. The SMILES string of the molecule is CCCc1nc(NN)c(C)c(N(C)C2CCC(C)CC2)n1. The van der Waals surface area contributed by atoms with E-state index in [2.05, 4.69) is 36.2 Å². The van der Waals surface area contributed by atoms with Crippen LogP contribution in [0.3, 0.4) is 0 Å². The third-order valence-corrected chi connectivity index (χ3v) is 4.64. The van der Waals surface area contributed by atoms with Crippen LogP contribution in [-0.4, -0.2) is 23.1 Å². The summed E-state index contributed by atoms with van der Waals surface area (Å²) in [4.78, 5) is 11.6. The predicted molar refractivity (Wildman–Crippen MR) is 88.4 cm³/mol. The number of nitrogens with zero attached hydrogens (tertiary/aromatic N) is 3. The molecular formula is C16H29N5. The molecule has 5 nitrogen and oxygen atoms in total. The summed E-state index contributed by atoms with van der Waals surface area (Å²) in [6, 6.07) is 0.579. The van der Waals surface area contributed by atoms with Gasteiger partial charge in [-0.3, -0.25) is 0 Å². The molecule has 1 saturated carbocycles. The highest BCUT2D eigenvalue weighted by Gasteiger charge is 2.24. The highest BCUT2D eigenvalue weighted by molar-refractivity contribution is 5.58. The van der Waals surface area contributed by atoms with Gasteiger partial charge in [-0.05, 0) is 44.9 Å². The van der Waals surface area contributed by atoms with E-state index in [9.17, 15) is 0 Å². The second kappa shape index (κ2) is 7.07. The van der Waals surface area contributed by atoms with Gasteiger partial charge in [-0.15, -0.1) is 0 Å². The number of aromatic nitrogens is 2. The normalized spacial score (nSPS) is 22.1. The lowest BCUT2D eigenvalue weighted by Gasteiger charge is -2.35. The van der Waals surface area contributed by atoms with Crippen LogP contribution >= 0.6 is 0 Å². The van der Waals surface area contributed by atoms with Gasteiger partial charge in [-0.2, -0.15) is 0 Å². The van der Waals surface area contributed by atoms with Crippen LogP contribution in [0.2, 0.25) is 0 Å². The molecule has 0 radical (unpaired) electrons. The molecule has 0 spiro atoms. The van der Waals surface area contributed by atoms with Crippen molar-refractivity contribution in [3.63, 3.8) is 0 Å². The van der Waals surface area contributed by atoms with Crippen molar-refractivity contribution in [2.24, 2.45) is 11.8 Å². The molecule has 118 valence electrons. The van der Waals surface area contributed by atoms with Gasteiger partial charge in [0.25, 0.3) is 0 Å². The summed E-state index contributed by atoms with van der Waals surface area (Å²) in [6.45, 7) is 6.54. The van der Waals surface area contributed by atoms with Gasteiger partial charge >= 0.3 is 0 Å². The Morgan fingerprint density at radius 2 is 1.90 bits per heavy atom. The molecule has 0 unspecified atom stereocenters. The third kappa shape index (κ3) is 3.64. The van der Waals surface area contributed by atoms with E-state index < -0.39 is 0 Å². The number of hydrogen-bond donors (Lipinski definition) is 2. The number of nitrogen functional groups attached to an aromatic ring is 1. The first-order chi connectivity index (χ1) is 10.1. The molecule has 0 aliphatic heterocycles. The summed E-state index contributed by atoms with van der Waals surface area (Å²) < 4.78 is 0. The molecule has 3 N–H and O–H groups in total. The van der Waals surface area contributed by atoms with Gasteiger partial charge in [-0.1, -0.05) is 13.8 Å². The molecule has 1 aliphatic rings. The van der Waals surface area contributed by atoms with E-state index in [1.807, 2.05) is 6.92 Å². The molecule has 1 aromatic rings. The number of nitrogens with two attached hydrogens (primary N) is 1. The van der Waals surface area contributed by atoms with E-state index in [0.717, 1.165) is 41.8 Å². The van der Waals surface area contributed by atoms with Crippen LogP contribution in [0, 0.1) is 12.8 Å². The zero-order chi connectivity index (χ0) is 15.4. The Morgan fingerprint density at radius 3 is 2.48 bits per heavy atom. The van der Waals surface area contributed by atoms with Gasteiger partial charge in [0.2, 0.25) is 0 Å². The van der Waals surface area contributed by atoms with Crippen molar-refractivity contribution in [2.75, 3.05) is 17.4 Å². The fourth-order valence-electron chi connectivity index (χ4n) is 3.17. The van der Waals surface area contributed by atoms with Crippen molar-refractivity contribution in [3.8, 4) is 0 Å². The first-order valence-corrected chi connectivity index (χ1v) is 8.13. The number of hydrogen-bond acceptors (Lipinski definition) is 5. The molecule has 1 aromatic heterocycles. The van der Waals surface area contributed by atoms with Gasteiger partial charge in [0, 0.05) is 25.1 Å². The molecule has 1 aliphatic carbocycles. The lowest BCUT2D eigenvalue weighted by molar-refractivity contribution is 0.339. The van der Waals surface area contributed by atoms with Gasteiger partial charge in [0.15, 0.2) is 0 Å². The molecule has 0 bridgehead atoms. The zero-order valence-corrected chi connectivity index (χ0v) is 13.8. The van der Waals surface area contributed by atoms with Gasteiger partial charge < -0.3 is 10.3 Å². The first-order valence-electron chi connectivity index (χ1n) is 8.13. The van der Waals surface area contributed by atoms with Crippen molar-refractivity contribution in [1.82, 2.24) is 9.97 Å². The summed E-state index contributed by atoms with van der Waals surface area (Å²) >= 11 is 0. The zero-order valence-electron chi connectivity index (χ0n) is 13.8. The Hall–Kier alpha value is -1.36. The van der Waals surface area contributed by atoms with E-state index in [0.29, 0.717) is 6.04 Å². The molecule has 0 aromatic carbocycles. The number of aryl methyl sites for hydroxylation is 1.